The van der Waals surface area contributed by atoms with Gasteiger partial charge in [-0.15, -0.1) is 0 Å². The average molecular weight is 329 g/mol. The summed E-state index contributed by atoms with van der Waals surface area (Å²) in [6.07, 6.45) is 0.792. The number of nitrogens with one attached hydrogen (secondary N) is 2. The van der Waals surface area contributed by atoms with Crippen LogP contribution in [0.25, 0.3) is 0 Å². The first-order chi connectivity index (χ1) is 8.93. The summed E-state index contributed by atoms with van der Waals surface area (Å²) in [5.74, 6) is -1.54. The lowest BCUT2D eigenvalue weighted by atomic mass is 10.1. The van der Waals surface area contributed by atoms with E-state index in [2.05, 4.69) is 26.6 Å². The van der Waals surface area contributed by atoms with E-state index < -0.39 is 17.9 Å². The fourth-order valence-electron chi connectivity index (χ4n) is 1.48. The molecule has 1 aromatic carbocycles. The van der Waals surface area contributed by atoms with Crippen LogP contribution in [0, 0.1) is 5.92 Å². The Morgan fingerprint density at radius 1 is 1.42 bits per heavy atom. The summed E-state index contributed by atoms with van der Waals surface area (Å²) in [6, 6.07) is 5.19. The lowest BCUT2D eigenvalue weighted by Gasteiger charge is -2.12. The second-order valence-electron chi connectivity index (χ2n) is 4.23. The molecule has 0 aliphatic carbocycles. The molecule has 1 aromatic rings. The lowest BCUT2D eigenvalue weighted by Crippen LogP contribution is -2.34. The summed E-state index contributed by atoms with van der Waals surface area (Å²) >= 11 is 3.38. The van der Waals surface area contributed by atoms with Gasteiger partial charge in [-0.1, -0.05) is 29.8 Å². The normalized spacial score (nSPS) is 11.7. The van der Waals surface area contributed by atoms with Gasteiger partial charge in [-0.2, -0.15) is 0 Å². The van der Waals surface area contributed by atoms with E-state index in [4.69, 9.17) is 5.11 Å². The third-order valence-electron chi connectivity index (χ3n) is 2.69. The smallest absolute Gasteiger partial charge is 0.319 e. The molecule has 0 spiro atoms. The minimum atomic E-state index is -0.932. The van der Waals surface area contributed by atoms with Crippen molar-refractivity contribution in [3.05, 3.63) is 28.2 Å². The van der Waals surface area contributed by atoms with E-state index in [-0.39, 0.29) is 6.54 Å². The van der Waals surface area contributed by atoms with Gasteiger partial charge < -0.3 is 15.7 Å². The van der Waals surface area contributed by atoms with Crippen LogP contribution in [-0.4, -0.2) is 23.7 Å². The predicted octanol–water partition coefficient (Wildman–Crippen LogP) is 2.85. The zero-order chi connectivity index (χ0) is 14.4. The zero-order valence-electron chi connectivity index (χ0n) is 10.9. The van der Waals surface area contributed by atoms with Crippen LogP contribution in [0.4, 0.5) is 10.5 Å². The van der Waals surface area contributed by atoms with Gasteiger partial charge in [-0.05, 0) is 30.2 Å². The van der Waals surface area contributed by atoms with Crippen LogP contribution in [0.5, 0.6) is 0 Å². The van der Waals surface area contributed by atoms with E-state index in [1.807, 2.05) is 25.1 Å². The van der Waals surface area contributed by atoms with Gasteiger partial charge in [-0.25, -0.2) is 4.79 Å². The zero-order valence-corrected chi connectivity index (χ0v) is 12.5. The lowest BCUT2D eigenvalue weighted by molar-refractivity contribution is -0.140. The van der Waals surface area contributed by atoms with Crippen molar-refractivity contribution in [1.82, 2.24) is 5.32 Å². The molecule has 0 bridgehead atoms. The van der Waals surface area contributed by atoms with Crippen LogP contribution in [0.2, 0.25) is 0 Å². The first-order valence-electron chi connectivity index (χ1n) is 6.00. The Morgan fingerprint density at radius 3 is 2.68 bits per heavy atom. The fraction of sp³-hybridized carbons (Fsp3) is 0.385. The molecule has 19 heavy (non-hydrogen) atoms. The van der Waals surface area contributed by atoms with E-state index in [1.165, 1.54) is 0 Å². The molecular formula is C13H17BrN2O3. The van der Waals surface area contributed by atoms with Crippen LogP contribution in [-0.2, 0) is 11.2 Å². The molecule has 0 saturated heterocycles. The van der Waals surface area contributed by atoms with E-state index in [1.54, 1.807) is 6.92 Å². The minimum Gasteiger partial charge on any atom is -0.481 e. The van der Waals surface area contributed by atoms with Gasteiger partial charge in [0.15, 0.2) is 0 Å². The number of aliphatic carboxylic acids is 1. The number of benzene rings is 1. The molecule has 2 amide bonds. The largest absolute Gasteiger partial charge is 0.481 e. The first-order valence-corrected chi connectivity index (χ1v) is 6.79. The second-order valence-corrected chi connectivity index (χ2v) is 5.15. The minimum absolute atomic E-state index is 0.0964. The summed E-state index contributed by atoms with van der Waals surface area (Å²) in [4.78, 5) is 22.3. The molecule has 0 aromatic heterocycles. The van der Waals surface area contributed by atoms with Gasteiger partial charge in [0.25, 0.3) is 0 Å². The molecule has 0 heterocycles. The third-order valence-corrected chi connectivity index (χ3v) is 3.18. The van der Waals surface area contributed by atoms with Gasteiger partial charge in [0.1, 0.15) is 0 Å². The second kappa shape index (κ2) is 7.13. The summed E-state index contributed by atoms with van der Waals surface area (Å²) in [5, 5.41) is 14.0. The summed E-state index contributed by atoms with van der Waals surface area (Å²) in [7, 11) is 0. The van der Waals surface area contributed by atoms with Crippen LogP contribution >= 0.6 is 15.9 Å². The number of anilines is 1. The number of carbonyl (C=O) groups excluding carboxylic acids is 1. The van der Waals surface area contributed by atoms with Crippen LogP contribution in [0.1, 0.15) is 19.4 Å². The molecule has 0 radical (unpaired) electrons. The molecule has 0 aliphatic heterocycles. The van der Waals surface area contributed by atoms with E-state index in [0.29, 0.717) is 0 Å². The average Bonchev–Trinajstić information content (AvgIpc) is 2.37. The quantitative estimate of drug-likeness (QED) is 0.777. The van der Waals surface area contributed by atoms with Crippen molar-refractivity contribution in [2.24, 2.45) is 5.92 Å². The van der Waals surface area contributed by atoms with Crippen molar-refractivity contribution in [2.75, 3.05) is 11.9 Å². The predicted molar refractivity (Wildman–Crippen MR) is 77.3 cm³/mol. The molecule has 6 heteroatoms. The molecule has 1 rings (SSSR count). The number of carbonyl (C=O) groups is 2. The molecule has 0 saturated carbocycles. The molecule has 0 fully saturated rings. The number of carboxylic acid groups (broad SMARTS) is 1. The Morgan fingerprint density at radius 2 is 2.11 bits per heavy atom. The van der Waals surface area contributed by atoms with Crippen molar-refractivity contribution in [3.8, 4) is 0 Å². The van der Waals surface area contributed by atoms with Crippen molar-refractivity contribution < 1.29 is 14.7 Å². The topological polar surface area (TPSA) is 78.4 Å². The molecule has 1 unspecified atom stereocenters. The Hall–Kier alpha value is -1.56. The van der Waals surface area contributed by atoms with Gasteiger partial charge in [0.05, 0.1) is 5.92 Å². The maximum atomic E-state index is 11.7. The Bertz CT molecular complexity index is 477. The Balaban J connectivity index is 2.60. The third kappa shape index (κ3) is 4.90. The highest BCUT2D eigenvalue weighted by Gasteiger charge is 2.12. The molecular weight excluding hydrogens is 312 g/mol. The van der Waals surface area contributed by atoms with Crippen molar-refractivity contribution in [3.63, 3.8) is 0 Å². The van der Waals surface area contributed by atoms with E-state index >= 15 is 0 Å². The van der Waals surface area contributed by atoms with Gasteiger partial charge in [0, 0.05) is 16.7 Å². The van der Waals surface area contributed by atoms with Crippen LogP contribution < -0.4 is 10.6 Å². The Labute approximate surface area is 120 Å². The number of rotatable bonds is 5. The SMILES string of the molecule is CCc1cc(Br)ccc1NC(=O)NCC(C)C(=O)O. The number of hydrogen-bond acceptors (Lipinski definition) is 2. The highest BCUT2D eigenvalue weighted by Crippen LogP contribution is 2.21. The van der Waals surface area contributed by atoms with E-state index in [9.17, 15) is 9.59 Å². The highest BCUT2D eigenvalue weighted by molar-refractivity contribution is 9.10. The van der Waals surface area contributed by atoms with Gasteiger partial charge in [0.2, 0.25) is 0 Å². The summed E-state index contributed by atoms with van der Waals surface area (Å²) < 4.78 is 0.954. The first kappa shape index (κ1) is 15.5. The molecule has 0 aliphatic rings. The van der Waals surface area contributed by atoms with Gasteiger partial charge in [-0.3, -0.25) is 4.79 Å². The maximum absolute atomic E-state index is 11.7. The van der Waals surface area contributed by atoms with Crippen molar-refractivity contribution in [2.45, 2.75) is 20.3 Å². The molecule has 5 nitrogen and oxygen atoms in total. The number of hydrogen-bond donors (Lipinski definition) is 3. The van der Waals surface area contributed by atoms with Crippen molar-refractivity contribution in [1.29, 1.82) is 0 Å². The number of halogens is 1. The monoisotopic (exact) mass is 328 g/mol. The summed E-state index contributed by atoms with van der Waals surface area (Å²) in [5.41, 5.74) is 1.74. The molecule has 3 N–H and O–H groups in total. The fourth-order valence-corrected chi connectivity index (χ4v) is 1.88. The van der Waals surface area contributed by atoms with Crippen LogP contribution in [0.15, 0.2) is 22.7 Å². The number of aryl methyl sites for hydroxylation is 1. The molecule has 1 atom stereocenters. The van der Waals surface area contributed by atoms with Crippen molar-refractivity contribution >= 4 is 33.6 Å². The Kier molecular flexibility index (Phi) is 5.82. The van der Waals surface area contributed by atoms with Gasteiger partial charge >= 0.3 is 12.0 Å². The number of urea groups is 1. The number of amides is 2. The maximum Gasteiger partial charge on any atom is 0.319 e. The number of carboxylic acids is 1. The standard InChI is InChI=1S/C13H17BrN2O3/c1-3-9-6-10(14)4-5-11(9)16-13(19)15-7-8(2)12(17)18/h4-6,8H,3,7H2,1-2H3,(H,17,18)(H2,15,16,19). The highest BCUT2D eigenvalue weighted by atomic mass is 79.9. The van der Waals surface area contributed by atoms with E-state index in [0.717, 1.165) is 22.1 Å². The molecule has 104 valence electrons. The summed E-state index contributed by atoms with van der Waals surface area (Å²) in [6.45, 7) is 3.64. The van der Waals surface area contributed by atoms with Crippen LogP contribution in [0.3, 0.4) is 0 Å².